The smallest absolute Gasteiger partial charge is 0.232 e. The van der Waals surface area contributed by atoms with Crippen LogP contribution in [0.2, 0.25) is 0 Å². The van der Waals surface area contributed by atoms with E-state index in [9.17, 15) is 4.79 Å². The molecule has 1 aliphatic heterocycles. The highest BCUT2D eigenvalue weighted by atomic mass is 32.1. The Balaban J connectivity index is 1.62. The van der Waals surface area contributed by atoms with E-state index in [-0.39, 0.29) is 5.91 Å². The quantitative estimate of drug-likeness (QED) is 0.719. The van der Waals surface area contributed by atoms with Crippen molar-refractivity contribution in [3.05, 3.63) is 48.5 Å². The summed E-state index contributed by atoms with van der Waals surface area (Å²) in [5, 5.41) is 2.66. The topological polar surface area (TPSA) is 25.2 Å². The number of benzene rings is 2. The zero-order chi connectivity index (χ0) is 16.5. The normalized spacial score (nSPS) is 16.1. The number of likely N-dealkylation sites (tertiary alicyclic amines) is 1. The molecule has 1 fully saturated rings. The summed E-state index contributed by atoms with van der Waals surface area (Å²) in [7, 11) is 0. The number of hydrogen-bond donors (Lipinski definition) is 1. The second-order valence-corrected chi connectivity index (χ2v) is 6.94. The van der Waals surface area contributed by atoms with Gasteiger partial charge in [0.2, 0.25) is 5.91 Å². The van der Waals surface area contributed by atoms with Crippen LogP contribution in [0.15, 0.2) is 48.5 Å². The van der Waals surface area contributed by atoms with Crippen LogP contribution in [-0.4, -0.2) is 34.2 Å². The van der Waals surface area contributed by atoms with E-state index >= 15 is 0 Å². The van der Waals surface area contributed by atoms with Crippen molar-refractivity contribution in [2.24, 2.45) is 5.92 Å². The molecule has 3 nitrogen and oxygen atoms in total. The van der Waals surface area contributed by atoms with Gasteiger partial charge in [0.05, 0.1) is 5.75 Å². The third kappa shape index (κ3) is 2.69. The van der Waals surface area contributed by atoms with E-state index in [0.717, 1.165) is 32.5 Å². The molecule has 0 atom stereocenters. The maximum Gasteiger partial charge on any atom is 0.232 e. The molecule has 3 aromatic rings. The van der Waals surface area contributed by atoms with Crippen LogP contribution < -0.4 is 0 Å². The first-order valence-corrected chi connectivity index (χ1v) is 9.26. The molecule has 0 unspecified atom stereocenters. The first-order chi connectivity index (χ1) is 11.8. The third-order valence-electron chi connectivity index (χ3n) is 5.22. The van der Waals surface area contributed by atoms with Crippen LogP contribution in [-0.2, 0) is 11.3 Å². The molecule has 0 saturated carbocycles. The average molecular weight is 338 g/mol. The van der Waals surface area contributed by atoms with Crippen LogP contribution in [0.1, 0.15) is 12.8 Å². The van der Waals surface area contributed by atoms with Gasteiger partial charge in [0.25, 0.3) is 0 Å². The zero-order valence-corrected chi connectivity index (χ0v) is 14.6. The first kappa shape index (κ1) is 15.6. The lowest BCUT2D eigenvalue weighted by Crippen LogP contribution is -2.39. The zero-order valence-electron chi connectivity index (χ0n) is 13.7. The Hall–Kier alpha value is -1.94. The van der Waals surface area contributed by atoms with E-state index in [1.54, 1.807) is 0 Å². The number of rotatable bonds is 3. The molecule has 0 spiro atoms. The molecule has 1 amide bonds. The van der Waals surface area contributed by atoms with Crippen molar-refractivity contribution < 1.29 is 4.79 Å². The molecular weight excluding hydrogens is 316 g/mol. The van der Waals surface area contributed by atoms with Crippen molar-refractivity contribution in [3.8, 4) is 0 Å². The van der Waals surface area contributed by atoms with Gasteiger partial charge in [-0.3, -0.25) is 4.79 Å². The van der Waals surface area contributed by atoms with Gasteiger partial charge in [-0.15, -0.1) is 0 Å². The van der Waals surface area contributed by atoms with Gasteiger partial charge in [-0.1, -0.05) is 36.4 Å². The van der Waals surface area contributed by atoms with Gasteiger partial charge >= 0.3 is 0 Å². The lowest BCUT2D eigenvalue weighted by molar-refractivity contribution is -0.129. The molecule has 2 heterocycles. The van der Waals surface area contributed by atoms with Gasteiger partial charge < -0.3 is 9.47 Å². The summed E-state index contributed by atoms with van der Waals surface area (Å²) >= 11 is 4.11. The minimum absolute atomic E-state index is 0.161. The molecule has 0 N–H and O–H groups in total. The number of nitrogens with zero attached hydrogens (tertiary/aromatic N) is 2. The number of aromatic nitrogens is 1. The van der Waals surface area contributed by atoms with Gasteiger partial charge in [0, 0.05) is 41.4 Å². The van der Waals surface area contributed by atoms with Crippen molar-refractivity contribution in [1.82, 2.24) is 9.47 Å². The van der Waals surface area contributed by atoms with Gasteiger partial charge in [0.15, 0.2) is 0 Å². The van der Waals surface area contributed by atoms with E-state index in [1.165, 1.54) is 21.8 Å². The molecular formula is C20H22N2OS. The Kier molecular flexibility index (Phi) is 4.23. The third-order valence-corrected chi connectivity index (χ3v) is 5.49. The van der Waals surface area contributed by atoms with Gasteiger partial charge in [-0.05, 0) is 30.9 Å². The summed E-state index contributed by atoms with van der Waals surface area (Å²) in [6.45, 7) is 2.75. The lowest BCUT2D eigenvalue weighted by atomic mass is 9.96. The fraction of sp³-hybridized carbons (Fsp3) is 0.350. The number of hydrogen-bond acceptors (Lipinski definition) is 2. The summed E-state index contributed by atoms with van der Waals surface area (Å²) in [6, 6.07) is 17.3. The number of carbonyl (C=O) groups is 1. The van der Waals surface area contributed by atoms with Crippen molar-refractivity contribution in [1.29, 1.82) is 0 Å². The fourth-order valence-electron chi connectivity index (χ4n) is 3.92. The Bertz CT molecular complexity index is 824. The van der Waals surface area contributed by atoms with Crippen LogP contribution in [0, 0.1) is 5.92 Å². The Labute approximate surface area is 147 Å². The minimum atomic E-state index is 0.161. The van der Waals surface area contributed by atoms with Crippen molar-refractivity contribution in [2.45, 2.75) is 19.4 Å². The predicted molar refractivity (Wildman–Crippen MR) is 103 cm³/mol. The highest BCUT2D eigenvalue weighted by molar-refractivity contribution is 7.81. The maximum absolute atomic E-state index is 11.8. The molecule has 2 aromatic carbocycles. The van der Waals surface area contributed by atoms with E-state index in [4.69, 9.17) is 0 Å². The highest BCUT2D eigenvalue weighted by Gasteiger charge is 2.23. The summed E-state index contributed by atoms with van der Waals surface area (Å²) in [5.41, 5.74) is 2.63. The number of fused-ring (bicyclic) bond motifs is 3. The Morgan fingerprint density at radius 1 is 0.958 bits per heavy atom. The van der Waals surface area contributed by atoms with Gasteiger partial charge in [-0.25, -0.2) is 0 Å². The van der Waals surface area contributed by atoms with E-state index in [0.29, 0.717) is 11.7 Å². The molecule has 0 radical (unpaired) electrons. The second-order valence-electron chi connectivity index (χ2n) is 6.63. The van der Waals surface area contributed by atoms with E-state index in [1.807, 2.05) is 4.90 Å². The van der Waals surface area contributed by atoms with Gasteiger partial charge in [-0.2, -0.15) is 12.6 Å². The van der Waals surface area contributed by atoms with E-state index < -0.39 is 0 Å². The number of para-hydroxylation sites is 2. The number of piperidine rings is 1. The van der Waals surface area contributed by atoms with Crippen LogP contribution in [0.25, 0.3) is 21.8 Å². The Morgan fingerprint density at radius 2 is 1.50 bits per heavy atom. The van der Waals surface area contributed by atoms with Gasteiger partial charge in [0.1, 0.15) is 0 Å². The fourth-order valence-corrected chi connectivity index (χ4v) is 4.12. The number of thiol groups is 1. The second kappa shape index (κ2) is 6.52. The highest BCUT2D eigenvalue weighted by Crippen LogP contribution is 2.31. The van der Waals surface area contributed by atoms with Crippen molar-refractivity contribution in [3.63, 3.8) is 0 Å². The first-order valence-electron chi connectivity index (χ1n) is 8.62. The van der Waals surface area contributed by atoms with Crippen LogP contribution in [0.5, 0.6) is 0 Å². The Morgan fingerprint density at radius 3 is 2.04 bits per heavy atom. The molecule has 124 valence electrons. The van der Waals surface area contributed by atoms with Crippen LogP contribution in [0.3, 0.4) is 0 Å². The molecule has 4 heteroatoms. The summed E-state index contributed by atoms with van der Waals surface area (Å²) in [6.07, 6.45) is 2.14. The number of carbonyl (C=O) groups excluding carboxylic acids is 1. The lowest BCUT2D eigenvalue weighted by Gasteiger charge is -2.32. The minimum Gasteiger partial charge on any atom is -0.342 e. The summed E-state index contributed by atoms with van der Waals surface area (Å²) < 4.78 is 2.46. The molecule has 1 aliphatic rings. The molecule has 24 heavy (non-hydrogen) atoms. The van der Waals surface area contributed by atoms with Crippen molar-refractivity contribution in [2.75, 3.05) is 18.8 Å². The molecule has 0 aliphatic carbocycles. The maximum atomic E-state index is 11.8. The SMILES string of the molecule is O=C(CS)N1CCC(Cn2c3ccccc3c3ccccc32)CC1. The predicted octanol–water partition coefficient (Wildman–Crippen LogP) is 3.96. The average Bonchev–Trinajstić information content (AvgIpc) is 2.96. The molecule has 1 aromatic heterocycles. The number of amides is 1. The summed E-state index contributed by atoms with van der Waals surface area (Å²) in [5.74, 6) is 1.10. The van der Waals surface area contributed by atoms with Crippen LogP contribution >= 0.6 is 12.6 Å². The molecule has 0 bridgehead atoms. The van der Waals surface area contributed by atoms with Crippen LogP contribution in [0.4, 0.5) is 0 Å². The standard InChI is InChI=1S/C20H22N2OS/c23-20(14-24)21-11-9-15(10-12-21)13-22-18-7-3-1-5-16(18)17-6-2-4-8-19(17)22/h1-8,15,24H,9-14H2. The summed E-state index contributed by atoms with van der Waals surface area (Å²) in [4.78, 5) is 13.7. The molecule has 4 rings (SSSR count). The monoisotopic (exact) mass is 338 g/mol. The largest absolute Gasteiger partial charge is 0.342 e. The van der Waals surface area contributed by atoms with Crippen molar-refractivity contribution >= 4 is 40.3 Å². The van der Waals surface area contributed by atoms with E-state index in [2.05, 4.69) is 65.7 Å². The molecule has 1 saturated heterocycles.